The molecule has 0 aliphatic rings. The lowest BCUT2D eigenvalue weighted by Crippen LogP contribution is -2.04. The van der Waals surface area contributed by atoms with Crippen LogP contribution in [-0.2, 0) is 9.53 Å². The van der Waals surface area contributed by atoms with Crippen molar-refractivity contribution in [2.75, 3.05) is 0 Å². The van der Waals surface area contributed by atoms with Gasteiger partial charge in [0.05, 0.1) is 0 Å². The highest BCUT2D eigenvalue weighted by molar-refractivity contribution is 5.88. The fourth-order valence-electron chi connectivity index (χ4n) is 0.351. The largest absolute Gasteiger partial charge is 0.412 e. The molecule has 0 saturated heterocycles. The van der Waals surface area contributed by atoms with E-state index in [-0.39, 0.29) is 5.76 Å². The predicted octanol–water partition coefficient (Wildman–Crippen LogP) is 1.53. The highest BCUT2D eigenvalue weighted by Crippen LogP contribution is 2.02. The zero-order valence-corrected chi connectivity index (χ0v) is 6.39. The molecule has 0 amide bonds. The molecule has 0 bridgehead atoms. The van der Waals surface area contributed by atoms with Crippen LogP contribution in [0.4, 0.5) is 0 Å². The van der Waals surface area contributed by atoms with Gasteiger partial charge in [-0.25, -0.2) is 4.79 Å². The smallest absolute Gasteiger partial charge is 0.339 e. The summed E-state index contributed by atoms with van der Waals surface area (Å²) in [5.41, 5.74) is 0.335. The first-order valence-corrected chi connectivity index (χ1v) is 3.10. The van der Waals surface area contributed by atoms with Gasteiger partial charge < -0.3 is 4.74 Å². The molecule has 11 heavy (non-hydrogen) atoms. The second-order valence-corrected chi connectivity index (χ2v) is 1.88. The third-order valence-corrected chi connectivity index (χ3v) is 1.06. The minimum absolute atomic E-state index is 0.204. The van der Waals surface area contributed by atoms with Gasteiger partial charge in [0.25, 0.3) is 0 Å². The van der Waals surface area contributed by atoms with Crippen molar-refractivity contribution in [2.45, 2.75) is 13.3 Å². The molecular weight excluding hydrogens is 142 g/mol. The molecular formula is C8H9NO2. The SMILES string of the molecule is C=C(C#N)OC(=O)C(=C)CC. The number of allylic oxidation sites excluding steroid dienone is 1. The Morgan fingerprint density at radius 2 is 2.18 bits per heavy atom. The maximum atomic E-state index is 10.8. The Hall–Kier alpha value is -1.56. The number of esters is 1. The average Bonchev–Trinajstić information content (AvgIpc) is 2.02. The number of ether oxygens (including phenoxy) is 1. The molecule has 0 aliphatic carbocycles. The van der Waals surface area contributed by atoms with Crippen LogP contribution in [0.5, 0.6) is 0 Å². The number of nitrogens with zero attached hydrogens (tertiary/aromatic N) is 1. The van der Waals surface area contributed by atoms with Crippen LogP contribution in [0, 0.1) is 11.3 Å². The van der Waals surface area contributed by atoms with Crippen molar-refractivity contribution < 1.29 is 9.53 Å². The molecule has 3 heteroatoms. The van der Waals surface area contributed by atoms with Crippen molar-refractivity contribution in [3.63, 3.8) is 0 Å². The van der Waals surface area contributed by atoms with Crippen LogP contribution in [0.3, 0.4) is 0 Å². The molecule has 0 saturated carbocycles. The number of rotatable bonds is 3. The normalized spacial score (nSPS) is 8.00. The Balaban J connectivity index is 4.01. The van der Waals surface area contributed by atoms with E-state index in [0.29, 0.717) is 12.0 Å². The van der Waals surface area contributed by atoms with Crippen molar-refractivity contribution in [3.05, 3.63) is 24.5 Å². The maximum Gasteiger partial charge on any atom is 0.339 e. The monoisotopic (exact) mass is 151 g/mol. The van der Waals surface area contributed by atoms with Crippen LogP contribution >= 0.6 is 0 Å². The number of hydrogen-bond acceptors (Lipinski definition) is 3. The maximum absolute atomic E-state index is 10.8. The van der Waals surface area contributed by atoms with Gasteiger partial charge in [-0.15, -0.1) is 0 Å². The zero-order valence-electron chi connectivity index (χ0n) is 6.39. The van der Waals surface area contributed by atoms with Crippen molar-refractivity contribution in [2.24, 2.45) is 0 Å². The van der Waals surface area contributed by atoms with Gasteiger partial charge in [-0.3, -0.25) is 0 Å². The van der Waals surface area contributed by atoms with Gasteiger partial charge >= 0.3 is 5.97 Å². The Labute approximate surface area is 65.6 Å². The molecule has 0 atom stereocenters. The molecule has 0 unspecified atom stereocenters. The first-order valence-electron chi connectivity index (χ1n) is 3.10. The molecule has 0 radical (unpaired) electrons. The molecule has 0 fully saturated rings. The summed E-state index contributed by atoms with van der Waals surface area (Å²) in [6.07, 6.45) is 0.511. The van der Waals surface area contributed by atoms with Crippen molar-refractivity contribution in [1.82, 2.24) is 0 Å². The van der Waals surface area contributed by atoms with Crippen LogP contribution < -0.4 is 0 Å². The van der Waals surface area contributed by atoms with E-state index in [9.17, 15) is 4.79 Å². The molecule has 58 valence electrons. The second-order valence-electron chi connectivity index (χ2n) is 1.88. The topological polar surface area (TPSA) is 50.1 Å². The van der Waals surface area contributed by atoms with Crippen LogP contribution in [-0.4, -0.2) is 5.97 Å². The van der Waals surface area contributed by atoms with E-state index in [1.54, 1.807) is 13.0 Å². The third-order valence-electron chi connectivity index (χ3n) is 1.06. The molecule has 0 heterocycles. The molecule has 3 nitrogen and oxygen atoms in total. The average molecular weight is 151 g/mol. The lowest BCUT2D eigenvalue weighted by atomic mass is 10.2. The van der Waals surface area contributed by atoms with Crippen LogP contribution in [0.15, 0.2) is 24.5 Å². The summed E-state index contributed by atoms with van der Waals surface area (Å²) in [4.78, 5) is 10.8. The van der Waals surface area contributed by atoms with Gasteiger partial charge in [0.2, 0.25) is 5.76 Å². The van der Waals surface area contributed by atoms with E-state index in [1.807, 2.05) is 0 Å². The zero-order chi connectivity index (χ0) is 8.85. The molecule has 0 aromatic rings. The number of carbonyl (C=O) groups is 1. The summed E-state index contributed by atoms with van der Waals surface area (Å²) in [5.74, 6) is -0.788. The Morgan fingerprint density at radius 3 is 2.55 bits per heavy atom. The molecule has 0 N–H and O–H groups in total. The second kappa shape index (κ2) is 4.29. The Kier molecular flexibility index (Phi) is 3.68. The number of hydrogen-bond donors (Lipinski definition) is 0. The fraction of sp³-hybridized carbons (Fsp3) is 0.250. The first kappa shape index (κ1) is 9.44. The minimum atomic E-state index is -0.584. The highest BCUT2D eigenvalue weighted by atomic mass is 16.5. The van der Waals surface area contributed by atoms with E-state index in [2.05, 4.69) is 17.9 Å². The van der Waals surface area contributed by atoms with Crippen molar-refractivity contribution >= 4 is 5.97 Å². The molecule has 0 aromatic heterocycles. The molecule has 0 aliphatic heterocycles. The highest BCUT2D eigenvalue weighted by Gasteiger charge is 2.07. The summed E-state index contributed by atoms with van der Waals surface area (Å²) in [6, 6.07) is 1.60. The lowest BCUT2D eigenvalue weighted by Gasteiger charge is -2.00. The molecule has 0 aromatic carbocycles. The predicted molar refractivity (Wildman–Crippen MR) is 40.3 cm³/mol. The lowest BCUT2D eigenvalue weighted by molar-refractivity contribution is -0.134. The minimum Gasteiger partial charge on any atom is -0.412 e. The standard InChI is InChI=1S/C8H9NO2/c1-4-6(2)8(10)11-7(3)5-9/h2-4H2,1H3. The van der Waals surface area contributed by atoms with E-state index in [1.165, 1.54) is 0 Å². The quantitative estimate of drug-likeness (QED) is 0.266. The van der Waals surface area contributed by atoms with E-state index >= 15 is 0 Å². The van der Waals surface area contributed by atoms with E-state index < -0.39 is 5.97 Å². The van der Waals surface area contributed by atoms with Gasteiger partial charge in [-0.05, 0) is 13.0 Å². The first-order chi connectivity index (χ1) is 5.11. The Morgan fingerprint density at radius 1 is 1.64 bits per heavy atom. The fourth-order valence-corrected chi connectivity index (χ4v) is 0.351. The van der Waals surface area contributed by atoms with Crippen molar-refractivity contribution in [1.29, 1.82) is 5.26 Å². The van der Waals surface area contributed by atoms with Gasteiger partial charge in [-0.2, -0.15) is 5.26 Å². The summed E-state index contributed by atoms with van der Waals surface area (Å²) >= 11 is 0. The summed E-state index contributed by atoms with van der Waals surface area (Å²) < 4.78 is 4.46. The summed E-state index contributed by atoms with van der Waals surface area (Å²) in [5, 5.41) is 8.18. The van der Waals surface area contributed by atoms with Crippen LogP contribution in [0.2, 0.25) is 0 Å². The van der Waals surface area contributed by atoms with E-state index in [0.717, 1.165) is 0 Å². The van der Waals surface area contributed by atoms with E-state index in [4.69, 9.17) is 5.26 Å². The summed E-state index contributed by atoms with van der Waals surface area (Å²) in [6.45, 7) is 8.40. The van der Waals surface area contributed by atoms with Crippen LogP contribution in [0.25, 0.3) is 0 Å². The molecule has 0 spiro atoms. The number of nitriles is 1. The molecule has 0 rings (SSSR count). The van der Waals surface area contributed by atoms with Crippen LogP contribution in [0.1, 0.15) is 13.3 Å². The Bertz CT molecular complexity index is 235. The van der Waals surface area contributed by atoms with Gasteiger partial charge in [-0.1, -0.05) is 13.5 Å². The van der Waals surface area contributed by atoms with Gasteiger partial charge in [0.1, 0.15) is 6.07 Å². The van der Waals surface area contributed by atoms with Crippen molar-refractivity contribution in [3.8, 4) is 6.07 Å². The number of carbonyl (C=O) groups excluding carboxylic acids is 1. The third kappa shape index (κ3) is 3.21. The van der Waals surface area contributed by atoms with Gasteiger partial charge in [0, 0.05) is 5.57 Å². The summed E-state index contributed by atoms with van der Waals surface area (Å²) in [7, 11) is 0. The van der Waals surface area contributed by atoms with Gasteiger partial charge in [0.15, 0.2) is 0 Å².